The van der Waals surface area contributed by atoms with E-state index < -0.39 is 17.7 Å². The fourth-order valence-electron chi connectivity index (χ4n) is 4.16. The molecule has 6 heteroatoms. The van der Waals surface area contributed by atoms with Gasteiger partial charge in [0.2, 0.25) is 0 Å². The zero-order chi connectivity index (χ0) is 25.2. The van der Waals surface area contributed by atoms with Gasteiger partial charge in [0.15, 0.2) is 0 Å². The van der Waals surface area contributed by atoms with Crippen molar-refractivity contribution in [3.8, 4) is 5.75 Å². The number of hydrogen-bond acceptors (Lipinski definition) is 5. The third-order valence-corrected chi connectivity index (χ3v) is 6.06. The summed E-state index contributed by atoms with van der Waals surface area (Å²) >= 11 is 0. The molecule has 180 valence electrons. The van der Waals surface area contributed by atoms with E-state index >= 15 is 0 Å². The van der Waals surface area contributed by atoms with Gasteiger partial charge < -0.3 is 9.84 Å². The van der Waals surface area contributed by atoms with E-state index in [4.69, 9.17) is 4.74 Å². The molecule has 0 bridgehead atoms. The molecule has 6 nitrogen and oxygen atoms in total. The summed E-state index contributed by atoms with van der Waals surface area (Å²) in [6.45, 7) is 8.95. The first-order valence-electron chi connectivity index (χ1n) is 11.8. The van der Waals surface area contributed by atoms with Gasteiger partial charge in [-0.2, -0.15) is 0 Å². The third-order valence-electron chi connectivity index (χ3n) is 6.06. The van der Waals surface area contributed by atoms with Crippen molar-refractivity contribution in [2.24, 2.45) is 0 Å². The second-order valence-corrected chi connectivity index (χ2v) is 9.63. The van der Waals surface area contributed by atoms with Crippen LogP contribution in [0.25, 0.3) is 5.76 Å². The highest BCUT2D eigenvalue weighted by Gasteiger charge is 2.47. The van der Waals surface area contributed by atoms with E-state index in [1.807, 2.05) is 31.2 Å². The predicted molar refractivity (Wildman–Crippen MR) is 136 cm³/mol. The first kappa shape index (κ1) is 24.2. The van der Waals surface area contributed by atoms with Crippen molar-refractivity contribution >= 4 is 23.1 Å². The number of nitrogens with zero attached hydrogens (tertiary/aromatic N) is 2. The summed E-state index contributed by atoms with van der Waals surface area (Å²) in [6.07, 6.45) is 4.12. The molecule has 1 atom stereocenters. The molecule has 1 saturated heterocycles. The monoisotopic (exact) mass is 470 g/mol. The van der Waals surface area contributed by atoms with Crippen molar-refractivity contribution in [1.82, 2.24) is 4.98 Å². The highest BCUT2D eigenvalue weighted by atomic mass is 16.5. The number of ketones is 1. The Balaban J connectivity index is 1.81. The highest BCUT2D eigenvalue weighted by Crippen LogP contribution is 2.42. The van der Waals surface area contributed by atoms with Gasteiger partial charge in [0.1, 0.15) is 11.5 Å². The molecular weight excluding hydrogens is 440 g/mol. The number of rotatable bonds is 6. The van der Waals surface area contributed by atoms with Crippen molar-refractivity contribution in [3.63, 3.8) is 0 Å². The number of aliphatic hydroxyl groups is 1. The molecule has 1 amide bonds. The second kappa shape index (κ2) is 9.74. The van der Waals surface area contributed by atoms with Gasteiger partial charge in [0.05, 0.1) is 18.2 Å². The molecule has 3 aromatic rings. The molecule has 1 aromatic heterocycles. The molecule has 0 aliphatic carbocycles. The fraction of sp³-hybridized carbons (Fsp3) is 0.276. The Morgan fingerprint density at radius 2 is 1.71 bits per heavy atom. The SMILES string of the molecule is CCCOc1ccc(/C(O)=C2\C(=O)C(=O)N(c3ccc(C(C)(C)C)cc3)C2c2cccnc2)cc1. The minimum Gasteiger partial charge on any atom is -0.507 e. The van der Waals surface area contributed by atoms with E-state index in [2.05, 4.69) is 25.8 Å². The number of ether oxygens (including phenoxy) is 1. The number of pyridine rings is 1. The van der Waals surface area contributed by atoms with Gasteiger partial charge in [-0.1, -0.05) is 45.9 Å². The quantitative estimate of drug-likeness (QED) is 0.280. The lowest BCUT2D eigenvalue weighted by Crippen LogP contribution is -2.29. The van der Waals surface area contributed by atoms with Gasteiger partial charge in [-0.25, -0.2) is 0 Å². The molecule has 0 spiro atoms. The zero-order valence-corrected chi connectivity index (χ0v) is 20.5. The lowest BCUT2D eigenvalue weighted by Gasteiger charge is -2.26. The zero-order valence-electron chi connectivity index (χ0n) is 20.5. The van der Waals surface area contributed by atoms with Crippen LogP contribution in [0.15, 0.2) is 78.6 Å². The Hall–Kier alpha value is -3.93. The first-order chi connectivity index (χ1) is 16.7. The van der Waals surface area contributed by atoms with E-state index in [9.17, 15) is 14.7 Å². The normalized spacial score (nSPS) is 17.6. The molecule has 0 saturated carbocycles. The smallest absolute Gasteiger partial charge is 0.300 e. The minimum atomic E-state index is -0.805. The van der Waals surface area contributed by atoms with Crippen molar-refractivity contribution in [3.05, 3.63) is 95.3 Å². The molecule has 1 N–H and O–H groups in total. The molecule has 1 aliphatic heterocycles. The van der Waals surface area contributed by atoms with Crippen LogP contribution < -0.4 is 9.64 Å². The summed E-state index contributed by atoms with van der Waals surface area (Å²) in [7, 11) is 0. The highest BCUT2D eigenvalue weighted by molar-refractivity contribution is 6.51. The van der Waals surface area contributed by atoms with Crippen LogP contribution in [0.1, 0.15) is 56.8 Å². The van der Waals surface area contributed by atoms with Crippen molar-refractivity contribution in [1.29, 1.82) is 0 Å². The average Bonchev–Trinajstić information content (AvgIpc) is 3.13. The van der Waals surface area contributed by atoms with Crippen LogP contribution in [0.3, 0.4) is 0 Å². The summed E-state index contributed by atoms with van der Waals surface area (Å²) in [6, 6.07) is 17.2. The van der Waals surface area contributed by atoms with Gasteiger partial charge in [-0.15, -0.1) is 0 Å². The predicted octanol–water partition coefficient (Wildman–Crippen LogP) is 5.79. The van der Waals surface area contributed by atoms with Gasteiger partial charge in [-0.05, 0) is 65.4 Å². The number of Topliss-reactive ketones (excluding diaryl/α,β-unsaturated/α-hetero) is 1. The van der Waals surface area contributed by atoms with Crippen LogP contribution in [0.5, 0.6) is 5.75 Å². The van der Waals surface area contributed by atoms with Crippen LogP contribution in [-0.2, 0) is 15.0 Å². The summed E-state index contributed by atoms with van der Waals surface area (Å²) in [5, 5.41) is 11.2. The molecule has 2 heterocycles. The number of aromatic nitrogens is 1. The number of carbonyl (C=O) groups is 2. The number of benzene rings is 2. The Morgan fingerprint density at radius 1 is 1.03 bits per heavy atom. The van der Waals surface area contributed by atoms with Crippen molar-refractivity contribution < 1.29 is 19.4 Å². The molecule has 2 aromatic carbocycles. The Bertz CT molecular complexity index is 1240. The summed E-state index contributed by atoms with van der Waals surface area (Å²) in [5.74, 6) is -0.978. The molecule has 1 fully saturated rings. The fourth-order valence-corrected chi connectivity index (χ4v) is 4.16. The summed E-state index contributed by atoms with van der Waals surface area (Å²) in [4.78, 5) is 32.2. The molecule has 1 unspecified atom stereocenters. The van der Waals surface area contributed by atoms with Crippen LogP contribution in [-0.4, -0.2) is 28.4 Å². The Kier molecular flexibility index (Phi) is 6.74. The maximum absolute atomic E-state index is 13.3. The Labute approximate surface area is 205 Å². The minimum absolute atomic E-state index is 0.0325. The van der Waals surface area contributed by atoms with Crippen LogP contribution in [0.2, 0.25) is 0 Å². The largest absolute Gasteiger partial charge is 0.507 e. The van der Waals surface area contributed by atoms with Gasteiger partial charge in [0, 0.05) is 23.6 Å². The number of aliphatic hydroxyl groups excluding tert-OH is 1. The summed E-state index contributed by atoms with van der Waals surface area (Å²) < 4.78 is 5.62. The van der Waals surface area contributed by atoms with Crippen LogP contribution >= 0.6 is 0 Å². The topological polar surface area (TPSA) is 79.7 Å². The number of carbonyl (C=O) groups excluding carboxylic acids is 2. The number of anilines is 1. The molecule has 1 aliphatic rings. The second-order valence-electron chi connectivity index (χ2n) is 9.63. The van der Waals surface area contributed by atoms with Gasteiger partial charge >= 0.3 is 0 Å². The standard InChI is InChI=1S/C29H30N2O4/c1-5-17-35-23-14-8-19(9-15-23)26(32)24-25(20-7-6-16-30-18-20)31(28(34)27(24)33)22-12-10-21(11-13-22)29(2,3)4/h6-16,18,25,32H,5,17H2,1-4H3/b26-24+. The van der Waals surface area contributed by atoms with Crippen molar-refractivity contribution in [2.75, 3.05) is 11.5 Å². The van der Waals surface area contributed by atoms with Gasteiger partial charge in [0.25, 0.3) is 11.7 Å². The number of amides is 1. The lowest BCUT2D eigenvalue weighted by molar-refractivity contribution is -0.132. The van der Waals surface area contributed by atoms with E-state index in [1.165, 1.54) is 4.90 Å². The summed E-state index contributed by atoms with van der Waals surface area (Å²) in [5.41, 5.74) is 2.74. The number of hydrogen-bond donors (Lipinski definition) is 1. The average molecular weight is 471 g/mol. The van der Waals surface area contributed by atoms with Gasteiger partial charge in [-0.3, -0.25) is 19.5 Å². The van der Waals surface area contributed by atoms with E-state index in [0.717, 1.165) is 12.0 Å². The Morgan fingerprint density at radius 3 is 2.29 bits per heavy atom. The van der Waals surface area contributed by atoms with Crippen LogP contribution in [0.4, 0.5) is 5.69 Å². The molecule has 4 rings (SSSR count). The first-order valence-corrected chi connectivity index (χ1v) is 11.8. The lowest BCUT2D eigenvalue weighted by atomic mass is 9.87. The molecule has 0 radical (unpaired) electrons. The molecular formula is C29H30N2O4. The van der Waals surface area contributed by atoms with E-state index in [1.54, 1.807) is 48.8 Å². The molecule has 35 heavy (non-hydrogen) atoms. The van der Waals surface area contributed by atoms with Crippen LogP contribution in [0, 0.1) is 0 Å². The van der Waals surface area contributed by atoms with Crippen molar-refractivity contribution in [2.45, 2.75) is 45.6 Å². The maximum atomic E-state index is 13.3. The van der Waals surface area contributed by atoms with E-state index in [0.29, 0.717) is 29.2 Å². The third kappa shape index (κ3) is 4.83. The maximum Gasteiger partial charge on any atom is 0.300 e. The van der Waals surface area contributed by atoms with E-state index in [-0.39, 0.29) is 16.7 Å².